The monoisotopic (exact) mass is 731 g/mol. The third kappa shape index (κ3) is 5.95. The summed E-state index contributed by atoms with van der Waals surface area (Å²) in [6.07, 6.45) is -0.592. The molecule has 1 aliphatic heterocycles. The highest BCUT2D eigenvalue weighted by molar-refractivity contribution is 6.17. The summed E-state index contributed by atoms with van der Waals surface area (Å²) in [5.41, 5.74) is 11.9. The van der Waals surface area contributed by atoms with Gasteiger partial charge in [0.15, 0.2) is 0 Å². The Morgan fingerprint density at radius 3 is 1.88 bits per heavy atom. The molecule has 1 aromatic heterocycles. The molecule has 0 radical (unpaired) electrons. The predicted octanol–water partition coefficient (Wildman–Crippen LogP) is 13.2. The highest BCUT2D eigenvalue weighted by Gasteiger charge is 2.28. The van der Waals surface area contributed by atoms with Crippen molar-refractivity contribution in [1.82, 2.24) is 10.6 Å². The zero-order chi connectivity index (χ0) is 37.7. The quantitative estimate of drug-likeness (QED) is 0.179. The maximum Gasteiger partial charge on any atom is 0.136 e. The van der Waals surface area contributed by atoms with Gasteiger partial charge in [-0.2, -0.15) is 0 Å². The minimum atomic E-state index is -0.373. The molecule has 270 valence electrons. The summed E-state index contributed by atoms with van der Waals surface area (Å²) >= 11 is 0. The van der Waals surface area contributed by atoms with Crippen LogP contribution >= 0.6 is 0 Å². The van der Waals surface area contributed by atoms with Crippen LogP contribution in [0.5, 0.6) is 0 Å². The fourth-order valence-corrected chi connectivity index (χ4v) is 8.56. The van der Waals surface area contributed by atoms with Crippen molar-refractivity contribution in [3.63, 3.8) is 0 Å². The SMILES string of the molecule is c1ccc(C2=NC(c3cc(-c4ccc(-c5ccccc5)c5ccccc45)c4c(c3)oc3ccccc34)NC(c3cccc(-c4ccc5ccccc5c4)c3)N2)cc1. The molecule has 10 aromatic rings. The highest BCUT2D eigenvalue weighted by atomic mass is 16.3. The van der Waals surface area contributed by atoms with Gasteiger partial charge in [0, 0.05) is 16.3 Å². The second kappa shape index (κ2) is 13.8. The van der Waals surface area contributed by atoms with Crippen LogP contribution in [0.15, 0.2) is 210 Å². The van der Waals surface area contributed by atoms with Gasteiger partial charge in [0.25, 0.3) is 0 Å². The van der Waals surface area contributed by atoms with Gasteiger partial charge in [0.05, 0.1) is 0 Å². The van der Waals surface area contributed by atoms with Crippen molar-refractivity contribution in [1.29, 1.82) is 0 Å². The van der Waals surface area contributed by atoms with Crippen molar-refractivity contribution in [3.05, 3.63) is 217 Å². The number of benzene rings is 9. The van der Waals surface area contributed by atoms with E-state index in [4.69, 9.17) is 9.41 Å². The van der Waals surface area contributed by atoms with E-state index in [-0.39, 0.29) is 12.3 Å². The van der Waals surface area contributed by atoms with E-state index in [0.717, 1.165) is 55.6 Å². The molecule has 9 aromatic carbocycles. The Bertz CT molecular complexity index is 3150. The van der Waals surface area contributed by atoms with E-state index in [1.54, 1.807) is 0 Å². The summed E-state index contributed by atoms with van der Waals surface area (Å²) < 4.78 is 6.68. The molecule has 0 fully saturated rings. The third-order valence-corrected chi connectivity index (χ3v) is 11.3. The number of rotatable bonds is 6. The maximum absolute atomic E-state index is 6.68. The second-order valence-corrected chi connectivity index (χ2v) is 14.8. The molecule has 4 heteroatoms. The molecule has 0 spiro atoms. The number of nitrogens with one attached hydrogen (secondary N) is 2. The van der Waals surface area contributed by atoms with E-state index in [1.807, 2.05) is 12.1 Å². The van der Waals surface area contributed by atoms with E-state index in [9.17, 15) is 0 Å². The molecule has 57 heavy (non-hydrogen) atoms. The predicted molar refractivity (Wildman–Crippen MR) is 236 cm³/mol. The van der Waals surface area contributed by atoms with Gasteiger partial charge in [-0.25, -0.2) is 4.99 Å². The van der Waals surface area contributed by atoms with E-state index >= 15 is 0 Å². The van der Waals surface area contributed by atoms with Crippen molar-refractivity contribution >= 4 is 49.3 Å². The lowest BCUT2D eigenvalue weighted by Gasteiger charge is -2.32. The topological polar surface area (TPSA) is 49.6 Å². The molecule has 0 bridgehead atoms. The largest absolute Gasteiger partial charge is 0.456 e. The van der Waals surface area contributed by atoms with Gasteiger partial charge in [-0.1, -0.05) is 170 Å². The normalized spacial score (nSPS) is 15.5. The zero-order valence-electron chi connectivity index (χ0n) is 31.1. The Morgan fingerprint density at radius 2 is 1.05 bits per heavy atom. The van der Waals surface area contributed by atoms with Crippen molar-refractivity contribution in [2.75, 3.05) is 0 Å². The molecule has 0 saturated heterocycles. The highest BCUT2D eigenvalue weighted by Crippen LogP contribution is 2.43. The third-order valence-electron chi connectivity index (χ3n) is 11.3. The van der Waals surface area contributed by atoms with Crippen LogP contribution in [0, 0.1) is 0 Å². The Hall–Kier alpha value is -7.27. The molecule has 0 saturated carbocycles. The van der Waals surface area contributed by atoms with Gasteiger partial charge in [0.2, 0.25) is 0 Å². The number of aliphatic imine (C=N–C) groups is 1. The average Bonchev–Trinajstić information content (AvgIpc) is 3.67. The smallest absolute Gasteiger partial charge is 0.136 e. The number of hydrogen-bond donors (Lipinski definition) is 2. The molecule has 1 aliphatic rings. The van der Waals surface area contributed by atoms with Gasteiger partial charge in [0.1, 0.15) is 29.3 Å². The number of nitrogens with zero attached hydrogens (tertiary/aromatic N) is 1. The van der Waals surface area contributed by atoms with Crippen LogP contribution in [0.4, 0.5) is 0 Å². The van der Waals surface area contributed by atoms with Crippen LogP contribution < -0.4 is 10.6 Å². The molecule has 4 nitrogen and oxygen atoms in total. The van der Waals surface area contributed by atoms with Crippen molar-refractivity contribution < 1.29 is 4.42 Å². The van der Waals surface area contributed by atoms with Crippen molar-refractivity contribution in [3.8, 4) is 33.4 Å². The second-order valence-electron chi connectivity index (χ2n) is 14.8. The molecular formula is C53H37N3O. The minimum Gasteiger partial charge on any atom is -0.456 e. The van der Waals surface area contributed by atoms with Crippen LogP contribution in [-0.2, 0) is 0 Å². The number of para-hydroxylation sites is 1. The van der Waals surface area contributed by atoms with Gasteiger partial charge in [-0.15, -0.1) is 0 Å². The Balaban J connectivity index is 1.07. The molecule has 11 rings (SSSR count). The maximum atomic E-state index is 6.68. The summed E-state index contributed by atoms with van der Waals surface area (Å²) in [5.74, 6) is 0.837. The van der Waals surface area contributed by atoms with Gasteiger partial charge < -0.3 is 9.73 Å². The summed E-state index contributed by atoms with van der Waals surface area (Å²) in [6, 6.07) is 71.2. The first-order valence-corrected chi connectivity index (χ1v) is 19.5. The molecule has 0 amide bonds. The molecule has 2 atom stereocenters. The summed E-state index contributed by atoms with van der Waals surface area (Å²) in [6.45, 7) is 0. The lowest BCUT2D eigenvalue weighted by molar-refractivity contribution is 0.409. The van der Waals surface area contributed by atoms with Gasteiger partial charge >= 0.3 is 0 Å². The number of furan rings is 1. The Labute approximate surface area is 330 Å². The molecule has 0 aliphatic carbocycles. The van der Waals surface area contributed by atoms with Crippen LogP contribution in [0.3, 0.4) is 0 Å². The molecule has 2 unspecified atom stereocenters. The molecule has 2 heterocycles. The van der Waals surface area contributed by atoms with Crippen molar-refractivity contribution in [2.24, 2.45) is 4.99 Å². The minimum absolute atomic E-state index is 0.219. The summed E-state index contributed by atoms with van der Waals surface area (Å²) in [4.78, 5) is 5.38. The first-order valence-electron chi connectivity index (χ1n) is 19.5. The average molecular weight is 732 g/mol. The van der Waals surface area contributed by atoms with E-state index in [1.165, 1.54) is 43.8 Å². The van der Waals surface area contributed by atoms with Crippen LogP contribution in [0.2, 0.25) is 0 Å². The fourth-order valence-electron chi connectivity index (χ4n) is 8.56. The molecule has 2 N–H and O–H groups in total. The number of fused-ring (bicyclic) bond motifs is 5. The zero-order valence-corrected chi connectivity index (χ0v) is 31.1. The lowest BCUT2D eigenvalue weighted by Crippen LogP contribution is -2.45. The van der Waals surface area contributed by atoms with E-state index < -0.39 is 0 Å². The van der Waals surface area contributed by atoms with E-state index in [0.29, 0.717) is 0 Å². The number of hydrogen-bond acceptors (Lipinski definition) is 4. The number of amidine groups is 1. The summed E-state index contributed by atoms with van der Waals surface area (Å²) in [7, 11) is 0. The van der Waals surface area contributed by atoms with E-state index in [2.05, 4.69) is 199 Å². The van der Waals surface area contributed by atoms with Crippen molar-refractivity contribution in [2.45, 2.75) is 12.3 Å². The van der Waals surface area contributed by atoms with Gasteiger partial charge in [-0.3, -0.25) is 5.32 Å². The molecular weight excluding hydrogens is 695 g/mol. The van der Waals surface area contributed by atoms with Crippen LogP contribution in [-0.4, -0.2) is 5.84 Å². The van der Waals surface area contributed by atoms with Crippen LogP contribution in [0.1, 0.15) is 29.0 Å². The Kier molecular flexibility index (Phi) is 8.01. The fraction of sp³-hybridized carbons (Fsp3) is 0.0377. The van der Waals surface area contributed by atoms with Crippen LogP contribution in [0.25, 0.3) is 76.9 Å². The van der Waals surface area contributed by atoms with Gasteiger partial charge in [-0.05, 0) is 96.4 Å². The first kappa shape index (κ1) is 33.1. The lowest BCUT2D eigenvalue weighted by atomic mass is 9.89. The Morgan fingerprint density at radius 1 is 0.404 bits per heavy atom. The first-order chi connectivity index (χ1) is 28.2. The summed E-state index contributed by atoms with van der Waals surface area (Å²) in [5, 5.41) is 14.7. The standard InChI is InChI=1S/C53H37N3O/c1-3-15-35(16-4-1)42-28-29-45(44-23-10-9-22-43(42)44)47-32-41(33-49-50(47)46-24-11-12-25-48(46)57-49)53-55-51(36-17-5-2-6-18-36)54-52(56-53)40-21-13-20-38(31-40)39-27-26-34-14-7-8-19-37(34)30-39/h1-33,52-53,56H,(H,54,55).